The smallest absolute Gasteiger partial charge is 0.135 e. The highest BCUT2D eigenvalue weighted by Gasteiger charge is 2.54. The predicted molar refractivity (Wildman–Crippen MR) is 146 cm³/mol. The van der Waals surface area contributed by atoms with Crippen molar-refractivity contribution in [2.24, 2.45) is 11.8 Å². The lowest BCUT2D eigenvalue weighted by Gasteiger charge is -2.58. The summed E-state index contributed by atoms with van der Waals surface area (Å²) < 4.78 is 8.04. The number of ether oxygens (including phenoxy) is 1. The molecule has 0 N–H and O–H groups in total. The van der Waals surface area contributed by atoms with Crippen LogP contribution >= 0.6 is 0 Å². The molecule has 0 radical (unpaired) electrons. The van der Waals surface area contributed by atoms with Gasteiger partial charge in [0.25, 0.3) is 0 Å². The molecule has 3 saturated heterocycles. The van der Waals surface area contributed by atoms with Crippen molar-refractivity contribution in [1.82, 2.24) is 4.98 Å². The summed E-state index contributed by atoms with van der Waals surface area (Å²) >= 11 is 0. The second kappa shape index (κ2) is 10.0. The van der Waals surface area contributed by atoms with Crippen LogP contribution < -0.4 is 0 Å². The molecule has 3 aromatic carbocycles. The third-order valence-corrected chi connectivity index (χ3v) is 8.63. The van der Waals surface area contributed by atoms with Crippen molar-refractivity contribution < 1.29 is 9.22 Å². The summed E-state index contributed by atoms with van der Waals surface area (Å²) in [4.78, 5) is 4.67. The van der Waals surface area contributed by atoms with Gasteiger partial charge >= 0.3 is 0 Å². The Morgan fingerprint density at radius 3 is 2.42 bits per heavy atom. The standard InChI is InChI=1S/C33H35N2O/c1-2-27-23-35(22-25-11-5-3-6-12-25)20-18-28(27)21-32(35)33(36-24-26-13-7-4-8-14-26)30-17-19-34-31-16-10-9-15-29(30)31/h2-17,19,27-28,32-33H,1,18,20-24H2/q+1/t27-,28-,32+,33+,35+/m0/s1. The summed E-state index contributed by atoms with van der Waals surface area (Å²) in [6, 6.07) is 32.7. The Morgan fingerprint density at radius 1 is 0.917 bits per heavy atom. The van der Waals surface area contributed by atoms with Crippen LogP contribution in [0.4, 0.5) is 0 Å². The zero-order chi connectivity index (χ0) is 24.4. The molecule has 5 atom stereocenters. The highest BCUT2D eigenvalue weighted by Crippen LogP contribution is 2.49. The lowest BCUT2D eigenvalue weighted by atomic mass is 9.71. The van der Waals surface area contributed by atoms with Gasteiger partial charge in [-0.2, -0.15) is 0 Å². The molecule has 3 nitrogen and oxygen atoms in total. The number of benzene rings is 3. The normalized spacial score (nSPS) is 26.1. The van der Waals surface area contributed by atoms with Crippen LogP contribution in [0.25, 0.3) is 10.9 Å². The fraction of sp³-hybridized carbons (Fsp3) is 0.303. The lowest BCUT2D eigenvalue weighted by molar-refractivity contribution is -0.985. The van der Waals surface area contributed by atoms with E-state index in [1.807, 2.05) is 6.20 Å². The van der Waals surface area contributed by atoms with Gasteiger partial charge in [-0.15, -0.1) is 6.58 Å². The van der Waals surface area contributed by atoms with Gasteiger partial charge in [0.15, 0.2) is 0 Å². The summed E-state index contributed by atoms with van der Waals surface area (Å²) in [5.41, 5.74) is 4.94. The average molecular weight is 476 g/mol. The molecule has 3 heteroatoms. The maximum absolute atomic E-state index is 6.98. The van der Waals surface area contributed by atoms with Gasteiger partial charge in [0, 0.05) is 35.9 Å². The first-order valence-electron chi connectivity index (χ1n) is 13.3. The van der Waals surface area contributed by atoms with Crippen LogP contribution in [0.2, 0.25) is 0 Å². The van der Waals surface area contributed by atoms with E-state index in [1.165, 1.54) is 41.5 Å². The monoisotopic (exact) mass is 475 g/mol. The van der Waals surface area contributed by atoms with Crippen molar-refractivity contribution in [2.45, 2.75) is 38.1 Å². The second-order valence-corrected chi connectivity index (χ2v) is 10.7. The highest BCUT2D eigenvalue weighted by molar-refractivity contribution is 5.82. The third kappa shape index (κ3) is 4.38. The van der Waals surface area contributed by atoms with E-state index in [4.69, 9.17) is 4.74 Å². The van der Waals surface area contributed by atoms with Gasteiger partial charge in [-0.1, -0.05) is 84.9 Å². The number of piperidine rings is 3. The second-order valence-electron chi connectivity index (χ2n) is 10.7. The Bertz CT molecular complexity index is 1320. The molecule has 1 aromatic heterocycles. The molecule has 182 valence electrons. The van der Waals surface area contributed by atoms with E-state index in [2.05, 4.69) is 109 Å². The topological polar surface area (TPSA) is 22.1 Å². The molecule has 2 bridgehead atoms. The van der Waals surface area contributed by atoms with E-state index in [0.717, 1.165) is 23.1 Å². The van der Waals surface area contributed by atoms with Crippen molar-refractivity contribution in [1.29, 1.82) is 0 Å². The fourth-order valence-electron chi connectivity index (χ4n) is 6.85. The molecule has 3 fully saturated rings. The SMILES string of the molecule is C=C[C@H]1C[N@+]2(Cc3ccccc3)CC[C@H]1C[C@@H]2[C@H](OCc1ccccc1)c1ccnc2ccccc12. The van der Waals surface area contributed by atoms with Crippen LogP contribution in [0, 0.1) is 11.8 Å². The number of para-hydroxylation sites is 1. The minimum atomic E-state index is -0.00427. The largest absolute Gasteiger partial charge is 0.363 e. The summed E-state index contributed by atoms with van der Waals surface area (Å²) in [5.74, 6) is 1.25. The summed E-state index contributed by atoms with van der Waals surface area (Å²) in [6.45, 7) is 8.22. The number of aromatic nitrogens is 1. The molecule has 0 aliphatic carbocycles. The molecule has 4 heterocycles. The third-order valence-electron chi connectivity index (χ3n) is 8.63. The van der Waals surface area contributed by atoms with Crippen molar-refractivity contribution in [3.05, 3.63) is 127 Å². The van der Waals surface area contributed by atoms with Crippen LogP contribution in [0.3, 0.4) is 0 Å². The van der Waals surface area contributed by atoms with Gasteiger partial charge in [-0.25, -0.2) is 0 Å². The van der Waals surface area contributed by atoms with Gasteiger partial charge < -0.3 is 9.22 Å². The Labute approximate surface area is 214 Å². The predicted octanol–water partition coefficient (Wildman–Crippen LogP) is 7.10. The molecule has 0 unspecified atom stereocenters. The maximum atomic E-state index is 6.98. The molecule has 4 aromatic rings. The number of fused-ring (bicyclic) bond motifs is 4. The van der Waals surface area contributed by atoms with E-state index < -0.39 is 0 Å². The van der Waals surface area contributed by atoms with Crippen molar-refractivity contribution in [2.75, 3.05) is 13.1 Å². The fourth-order valence-corrected chi connectivity index (χ4v) is 6.85. The molecule has 3 aliphatic heterocycles. The summed E-state index contributed by atoms with van der Waals surface area (Å²) in [6.07, 6.45) is 6.61. The first-order valence-corrected chi connectivity index (χ1v) is 13.3. The first kappa shape index (κ1) is 23.1. The Hall–Kier alpha value is -3.27. The Kier molecular flexibility index (Phi) is 6.43. The quantitative estimate of drug-likeness (QED) is 0.200. The van der Waals surface area contributed by atoms with E-state index in [-0.39, 0.29) is 6.10 Å². The lowest BCUT2D eigenvalue weighted by Crippen LogP contribution is -2.67. The van der Waals surface area contributed by atoms with E-state index >= 15 is 0 Å². The Morgan fingerprint density at radius 2 is 1.64 bits per heavy atom. The number of quaternary nitrogens is 1. The molecular weight excluding hydrogens is 440 g/mol. The van der Waals surface area contributed by atoms with Crippen LogP contribution in [0.15, 0.2) is 110 Å². The molecular formula is C33H35N2O+. The molecule has 0 saturated carbocycles. The van der Waals surface area contributed by atoms with Crippen LogP contribution in [-0.4, -0.2) is 28.6 Å². The van der Waals surface area contributed by atoms with Crippen molar-refractivity contribution >= 4 is 10.9 Å². The number of nitrogens with zero attached hydrogens (tertiary/aromatic N) is 2. The number of rotatable bonds is 8. The zero-order valence-electron chi connectivity index (χ0n) is 20.9. The number of hydrogen-bond acceptors (Lipinski definition) is 2. The van der Waals surface area contributed by atoms with Gasteiger partial charge in [0.05, 0.1) is 25.2 Å². The maximum Gasteiger partial charge on any atom is 0.135 e. The number of pyridine rings is 1. The van der Waals surface area contributed by atoms with Crippen LogP contribution in [0.1, 0.15) is 35.6 Å². The van der Waals surface area contributed by atoms with Crippen molar-refractivity contribution in [3.63, 3.8) is 0 Å². The zero-order valence-corrected chi connectivity index (χ0v) is 20.9. The van der Waals surface area contributed by atoms with Gasteiger partial charge in [0.1, 0.15) is 18.7 Å². The highest BCUT2D eigenvalue weighted by atomic mass is 16.5. The van der Waals surface area contributed by atoms with E-state index in [1.54, 1.807) is 0 Å². The first-order chi connectivity index (χ1) is 17.8. The average Bonchev–Trinajstić information content (AvgIpc) is 2.94. The van der Waals surface area contributed by atoms with E-state index in [0.29, 0.717) is 24.5 Å². The molecule has 0 spiro atoms. The van der Waals surface area contributed by atoms with Crippen LogP contribution in [0.5, 0.6) is 0 Å². The molecule has 7 rings (SSSR count). The minimum Gasteiger partial charge on any atom is -0.363 e. The molecule has 0 amide bonds. The van der Waals surface area contributed by atoms with Crippen LogP contribution in [-0.2, 0) is 17.9 Å². The summed E-state index contributed by atoms with van der Waals surface area (Å²) in [7, 11) is 0. The summed E-state index contributed by atoms with van der Waals surface area (Å²) in [5, 5.41) is 1.21. The molecule has 3 aliphatic rings. The minimum absolute atomic E-state index is 0.00427. The van der Waals surface area contributed by atoms with Crippen molar-refractivity contribution in [3.8, 4) is 0 Å². The molecule has 36 heavy (non-hydrogen) atoms. The van der Waals surface area contributed by atoms with Gasteiger partial charge in [-0.05, 0) is 29.2 Å². The van der Waals surface area contributed by atoms with Gasteiger partial charge in [-0.3, -0.25) is 4.98 Å². The number of hydrogen-bond donors (Lipinski definition) is 0. The van der Waals surface area contributed by atoms with E-state index in [9.17, 15) is 0 Å². The van der Waals surface area contributed by atoms with Gasteiger partial charge in [0.2, 0.25) is 0 Å². The Balaban J connectivity index is 1.44.